The van der Waals surface area contributed by atoms with E-state index >= 15 is 0 Å². The summed E-state index contributed by atoms with van der Waals surface area (Å²) in [5.41, 5.74) is 0.754. The summed E-state index contributed by atoms with van der Waals surface area (Å²) in [5.74, 6) is 6.30. The summed E-state index contributed by atoms with van der Waals surface area (Å²) in [7, 11) is 0. The van der Waals surface area contributed by atoms with Crippen molar-refractivity contribution < 1.29 is 19.4 Å². The summed E-state index contributed by atoms with van der Waals surface area (Å²) >= 11 is 0. The first kappa shape index (κ1) is 19.8. The molecule has 4 rings (SSSR count). The Hall–Kier alpha value is -2.52. The van der Waals surface area contributed by atoms with Gasteiger partial charge in [-0.2, -0.15) is 0 Å². The second-order valence-electron chi connectivity index (χ2n) is 8.37. The lowest BCUT2D eigenvalue weighted by Gasteiger charge is -2.63. The molecule has 1 N–H and O–H groups in total. The van der Waals surface area contributed by atoms with Gasteiger partial charge in [0.2, 0.25) is 11.8 Å². The van der Waals surface area contributed by atoms with Crippen LogP contribution in [0.4, 0.5) is 0 Å². The van der Waals surface area contributed by atoms with Crippen LogP contribution in [0.25, 0.3) is 0 Å². The van der Waals surface area contributed by atoms with E-state index in [0.717, 1.165) is 38.0 Å². The summed E-state index contributed by atoms with van der Waals surface area (Å²) in [6.07, 6.45) is 3.11. The Balaban J connectivity index is 1.36. The van der Waals surface area contributed by atoms with Crippen LogP contribution in [0, 0.1) is 17.8 Å². The number of rotatable bonds is 4. The molecule has 3 heterocycles. The molecular formula is C23H28N2O4. The van der Waals surface area contributed by atoms with E-state index < -0.39 is 0 Å². The number of aromatic hydroxyl groups is 1. The van der Waals surface area contributed by atoms with Crippen LogP contribution >= 0.6 is 0 Å². The number of phenolic OH excluding ortho intramolecular Hbond substituents is 1. The Morgan fingerprint density at radius 1 is 1.31 bits per heavy atom. The standard InChI is InChI=1S/C23H28N2O4/c1-2-4-18(17-6-8-20(26)9-7-17)13-21(27)25-11-10-23(25)15-24(16-23)22(28)19-5-3-12-29-14-19/h6-9,18-19,26H,3,5,10-16H2,1H3/t18-,19?/m0/s1. The Bertz CT molecular complexity index is 827. The first-order chi connectivity index (χ1) is 14.0. The summed E-state index contributed by atoms with van der Waals surface area (Å²) in [5, 5.41) is 9.51. The van der Waals surface area contributed by atoms with E-state index in [1.807, 2.05) is 21.9 Å². The molecule has 3 aliphatic heterocycles. The second kappa shape index (κ2) is 8.08. The van der Waals surface area contributed by atoms with Crippen molar-refractivity contribution in [1.82, 2.24) is 9.80 Å². The molecule has 0 aromatic heterocycles. The van der Waals surface area contributed by atoms with E-state index in [-0.39, 0.29) is 34.9 Å². The molecule has 6 heteroatoms. The zero-order valence-electron chi connectivity index (χ0n) is 16.9. The minimum atomic E-state index is -0.192. The highest BCUT2D eigenvalue weighted by Gasteiger charge is 2.57. The maximum Gasteiger partial charge on any atom is 0.228 e. The lowest BCUT2D eigenvalue weighted by atomic mass is 9.76. The minimum Gasteiger partial charge on any atom is -0.508 e. The van der Waals surface area contributed by atoms with Crippen LogP contribution in [0.1, 0.15) is 44.1 Å². The van der Waals surface area contributed by atoms with Crippen LogP contribution in [0.3, 0.4) is 0 Å². The maximum atomic E-state index is 13.0. The second-order valence-corrected chi connectivity index (χ2v) is 8.37. The van der Waals surface area contributed by atoms with Crippen LogP contribution in [-0.2, 0) is 14.3 Å². The fourth-order valence-corrected chi connectivity index (χ4v) is 4.69. The van der Waals surface area contributed by atoms with Crippen molar-refractivity contribution in [2.24, 2.45) is 5.92 Å². The van der Waals surface area contributed by atoms with E-state index in [2.05, 4.69) is 11.8 Å². The summed E-state index contributed by atoms with van der Waals surface area (Å²) in [6.45, 7) is 5.06. The van der Waals surface area contributed by atoms with Crippen molar-refractivity contribution >= 4 is 11.8 Å². The number of benzene rings is 1. The molecule has 0 aliphatic carbocycles. The number of amides is 2. The van der Waals surface area contributed by atoms with Crippen LogP contribution < -0.4 is 0 Å². The van der Waals surface area contributed by atoms with Gasteiger partial charge in [-0.05, 0) is 43.9 Å². The van der Waals surface area contributed by atoms with Gasteiger partial charge in [0.25, 0.3) is 0 Å². The number of likely N-dealkylation sites (tertiary alicyclic amines) is 2. The minimum absolute atomic E-state index is 0.0240. The molecule has 3 fully saturated rings. The molecule has 0 bridgehead atoms. The van der Waals surface area contributed by atoms with Gasteiger partial charge in [0.05, 0.1) is 24.0 Å². The highest BCUT2D eigenvalue weighted by atomic mass is 16.5. The number of hydrogen-bond donors (Lipinski definition) is 1. The van der Waals surface area contributed by atoms with Gasteiger partial charge >= 0.3 is 0 Å². The fraction of sp³-hybridized carbons (Fsp3) is 0.565. The van der Waals surface area contributed by atoms with Crippen molar-refractivity contribution in [2.45, 2.75) is 44.1 Å². The maximum absolute atomic E-state index is 13.0. The zero-order valence-corrected chi connectivity index (χ0v) is 16.9. The molecule has 1 unspecified atom stereocenters. The molecule has 0 saturated carbocycles. The van der Waals surface area contributed by atoms with Crippen LogP contribution in [0.15, 0.2) is 24.3 Å². The number of ether oxygens (including phenoxy) is 1. The molecule has 0 radical (unpaired) electrons. The van der Waals surface area contributed by atoms with Crippen LogP contribution in [0.5, 0.6) is 5.75 Å². The van der Waals surface area contributed by atoms with Gasteiger partial charge < -0.3 is 19.6 Å². The number of hydrogen-bond acceptors (Lipinski definition) is 4. The summed E-state index contributed by atoms with van der Waals surface area (Å²) < 4.78 is 5.45. The van der Waals surface area contributed by atoms with E-state index in [9.17, 15) is 14.7 Å². The van der Waals surface area contributed by atoms with E-state index in [0.29, 0.717) is 26.1 Å². The fourth-order valence-electron chi connectivity index (χ4n) is 4.69. The lowest BCUT2D eigenvalue weighted by Crippen LogP contribution is -2.78. The van der Waals surface area contributed by atoms with Crippen molar-refractivity contribution in [3.63, 3.8) is 0 Å². The van der Waals surface area contributed by atoms with Gasteiger partial charge in [-0.25, -0.2) is 0 Å². The molecule has 2 atom stereocenters. The average molecular weight is 396 g/mol. The van der Waals surface area contributed by atoms with Crippen LogP contribution in [0.2, 0.25) is 0 Å². The number of carbonyl (C=O) groups is 2. The molecule has 3 saturated heterocycles. The Kier molecular flexibility index (Phi) is 5.51. The summed E-state index contributed by atoms with van der Waals surface area (Å²) in [6, 6.07) is 6.89. The Labute approximate surface area is 171 Å². The van der Waals surface area contributed by atoms with Crippen molar-refractivity contribution in [3.8, 4) is 17.6 Å². The molecule has 3 aliphatic rings. The highest BCUT2D eigenvalue weighted by molar-refractivity contribution is 5.83. The third-order valence-corrected chi connectivity index (χ3v) is 6.46. The molecule has 1 spiro atoms. The van der Waals surface area contributed by atoms with Gasteiger partial charge in [-0.1, -0.05) is 18.1 Å². The SMILES string of the molecule is CC#C[C@@H](CC(=O)N1CCC12CN(C(=O)C1CCCOC1)C2)c1ccc(O)cc1. The molecule has 2 amide bonds. The smallest absolute Gasteiger partial charge is 0.228 e. The van der Waals surface area contributed by atoms with Gasteiger partial charge in [0.15, 0.2) is 0 Å². The lowest BCUT2D eigenvalue weighted by molar-refractivity contribution is -0.178. The third-order valence-electron chi connectivity index (χ3n) is 6.46. The van der Waals surface area contributed by atoms with Gasteiger partial charge in [-0.15, -0.1) is 5.92 Å². The zero-order chi connectivity index (χ0) is 20.4. The highest BCUT2D eigenvalue weighted by Crippen LogP contribution is 2.41. The van der Waals surface area contributed by atoms with E-state index in [4.69, 9.17) is 4.74 Å². The van der Waals surface area contributed by atoms with E-state index in [1.165, 1.54) is 0 Å². The first-order valence-electron chi connectivity index (χ1n) is 10.4. The predicted molar refractivity (Wildman–Crippen MR) is 108 cm³/mol. The Morgan fingerprint density at radius 2 is 2.07 bits per heavy atom. The first-order valence-corrected chi connectivity index (χ1v) is 10.4. The molecule has 6 nitrogen and oxygen atoms in total. The normalized spacial score (nSPS) is 23.4. The molecule has 29 heavy (non-hydrogen) atoms. The Morgan fingerprint density at radius 3 is 2.66 bits per heavy atom. The largest absolute Gasteiger partial charge is 0.508 e. The average Bonchev–Trinajstić information content (AvgIpc) is 2.67. The van der Waals surface area contributed by atoms with Gasteiger partial charge in [0.1, 0.15) is 5.75 Å². The van der Waals surface area contributed by atoms with Crippen molar-refractivity contribution in [2.75, 3.05) is 32.8 Å². The molecular weight excluding hydrogens is 368 g/mol. The summed E-state index contributed by atoms with van der Waals surface area (Å²) in [4.78, 5) is 29.5. The monoisotopic (exact) mass is 396 g/mol. The molecule has 1 aromatic rings. The van der Waals surface area contributed by atoms with Crippen LogP contribution in [-0.4, -0.2) is 65.1 Å². The third kappa shape index (κ3) is 3.84. The predicted octanol–water partition coefficient (Wildman–Crippen LogP) is 2.13. The number of nitrogens with zero attached hydrogens (tertiary/aromatic N) is 2. The van der Waals surface area contributed by atoms with Gasteiger partial charge in [-0.3, -0.25) is 9.59 Å². The molecule has 1 aromatic carbocycles. The quantitative estimate of drug-likeness (QED) is 0.792. The van der Waals surface area contributed by atoms with Gasteiger partial charge in [0, 0.05) is 32.7 Å². The van der Waals surface area contributed by atoms with Crippen molar-refractivity contribution in [3.05, 3.63) is 29.8 Å². The number of carbonyl (C=O) groups excluding carboxylic acids is 2. The molecule has 154 valence electrons. The topological polar surface area (TPSA) is 70.1 Å². The van der Waals surface area contributed by atoms with E-state index in [1.54, 1.807) is 19.1 Å². The van der Waals surface area contributed by atoms with Crippen molar-refractivity contribution in [1.29, 1.82) is 0 Å². The number of phenols is 1.